The minimum atomic E-state index is -1.37. The van der Waals surface area contributed by atoms with Crippen LogP contribution < -0.4 is 15.7 Å². The Labute approximate surface area is 158 Å². The van der Waals surface area contributed by atoms with Crippen molar-refractivity contribution in [3.8, 4) is 5.69 Å². The van der Waals surface area contributed by atoms with Gasteiger partial charge in [-0.25, -0.2) is 4.79 Å². The van der Waals surface area contributed by atoms with Crippen LogP contribution in [0.1, 0.15) is 27.3 Å². The van der Waals surface area contributed by atoms with Gasteiger partial charge in [0.25, 0.3) is 11.8 Å². The highest BCUT2D eigenvalue weighted by Crippen LogP contribution is 2.26. The van der Waals surface area contributed by atoms with Gasteiger partial charge in [0, 0.05) is 22.6 Å². The van der Waals surface area contributed by atoms with Crippen molar-refractivity contribution in [2.75, 3.05) is 0 Å². The van der Waals surface area contributed by atoms with E-state index < -0.39 is 23.8 Å². The van der Waals surface area contributed by atoms with E-state index in [0.717, 1.165) is 5.69 Å². The summed E-state index contributed by atoms with van der Waals surface area (Å²) in [6, 6.07) is 5.29. The number of hydrogen-bond acceptors (Lipinski definition) is 5. The SMILES string of the molecule is Cc1cc(C=C2C(=O)NC(=O)NC2=O)c(C)n1-c1ccc(C(=O)[O-])c(Cl)c1. The summed E-state index contributed by atoms with van der Waals surface area (Å²) in [4.78, 5) is 45.9. The maximum atomic E-state index is 11.9. The molecule has 0 bridgehead atoms. The summed E-state index contributed by atoms with van der Waals surface area (Å²) in [5.41, 5.74) is 2.34. The van der Waals surface area contributed by atoms with Crippen LogP contribution in [-0.4, -0.2) is 28.4 Å². The fourth-order valence-corrected chi connectivity index (χ4v) is 3.15. The van der Waals surface area contributed by atoms with Crippen LogP contribution in [0.25, 0.3) is 11.8 Å². The molecule has 27 heavy (non-hydrogen) atoms. The highest BCUT2D eigenvalue weighted by atomic mass is 35.5. The number of carbonyl (C=O) groups is 4. The summed E-state index contributed by atoms with van der Waals surface area (Å²) in [5.74, 6) is -2.94. The van der Waals surface area contributed by atoms with Crippen molar-refractivity contribution < 1.29 is 24.3 Å². The number of amides is 4. The summed E-state index contributed by atoms with van der Waals surface area (Å²) in [5, 5.41) is 15.1. The number of hydrogen-bond donors (Lipinski definition) is 2. The van der Waals surface area contributed by atoms with Gasteiger partial charge in [-0.3, -0.25) is 20.2 Å². The van der Waals surface area contributed by atoms with Gasteiger partial charge < -0.3 is 14.5 Å². The first kappa shape index (κ1) is 18.4. The van der Waals surface area contributed by atoms with E-state index in [1.54, 1.807) is 30.5 Å². The quantitative estimate of drug-likeness (QED) is 0.598. The molecule has 3 rings (SSSR count). The standard InChI is InChI=1S/C18H14ClN3O5/c1-8-5-10(6-13-15(23)20-18(27)21-16(13)24)9(2)22(8)11-3-4-12(17(25)26)14(19)7-11/h3-7H,1-2H3,(H,25,26)(H2,20,21,23,24,27)/p-1. The number of benzene rings is 1. The normalized spacial score (nSPS) is 14.0. The van der Waals surface area contributed by atoms with Crippen LogP contribution in [0.3, 0.4) is 0 Å². The smallest absolute Gasteiger partial charge is 0.328 e. The minimum Gasteiger partial charge on any atom is -0.545 e. The molecular formula is C18H13ClN3O5-. The number of aromatic nitrogens is 1. The monoisotopic (exact) mass is 386 g/mol. The average Bonchev–Trinajstić information content (AvgIpc) is 2.84. The Hall–Kier alpha value is -3.39. The van der Waals surface area contributed by atoms with E-state index in [-0.39, 0.29) is 16.2 Å². The molecule has 8 nitrogen and oxygen atoms in total. The molecule has 1 aromatic heterocycles. The molecule has 0 atom stereocenters. The molecule has 2 heterocycles. The van der Waals surface area contributed by atoms with Gasteiger partial charge >= 0.3 is 6.03 Å². The molecule has 4 amide bonds. The molecule has 1 aliphatic heterocycles. The van der Waals surface area contributed by atoms with Crippen molar-refractivity contribution >= 4 is 41.5 Å². The largest absolute Gasteiger partial charge is 0.545 e. The van der Waals surface area contributed by atoms with E-state index in [4.69, 9.17) is 11.6 Å². The zero-order valence-corrected chi connectivity index (χ0v) is 15.0. The second-order valence-electron chi connectivity index (χ2n) is 5.91. The lowest BCUT2D eigenvalue weighted by atomic mass is 10.1. The molecule has 2 aromatic rings. The molecule has 9 heteroatoms. The number of aromatic carboxylic acids is 1. The van der Waals surface area contributed by atoms with Crippen LogP contribution in [0.5, 0.6) is 0 Å². The molecule has 138 valence electrons. The molecular weight excluding hydrogens is 374 g/mol. The molecule has 0 radical (unpaired) electrons. The lowest BCUT2D eigenvalue weighted by Gasteiger charge is -2.14. The van der Waals surface area contributed by atoms with Crippen molar-refractivity contribution in [1.82, 2.24) is 15.2 Å². The number of carboxylic acids is 1. The predicted molar refractivity (Wildman–Crippen MR) is 94.2 cm³/mol. The number of imide groups is 2. The molecule has 1 aliphatic rings. The predicted octanol–water partition coefficient (Wildman–Crippen LogP) is 0.860. The topological polar surface area (TPSA) is 120 Å². The first-order chi connectivity index (χ1) is 12.7. The third-order valence-electron chi connectivity index (χ3n) is 4.14. The number of nitrogens with zero attached hydrogens (tertiary/aromatic N) is 1. The Morgan fingerprint density at radius 2 is 1.74 bits per heavy atom. The summed E-state index contributed by atoms with van der Waals surface area (Å²) in [6.07, 6.45) is 1.38. The number of aryl methyl sites for hydroxylation is 1. The number of carboxylic acid groups (broad SMARTS) is 1. The molecule has 0 saturated carbocycles. The highest BCUT2D eigenvalue weighted by molar-refractivity contribution is 6.33. The van der Waals surface area contributed by atoms with E-state index in [2.05, 4.69) is 0 Å². The molecule has 2 N–H and O–H groups in total. The van der Waals surface area contributed by atoms with Gasteiger partial charge in [-0.1, -0.05) is 11.6 Å². The summed E-state index contributed by atoms with van der Waals surface area (Å²) in [7, 11) is 0. The number of rotatable bonds is 3. The van der Waals surface area contributed by atoms with Crippen molar-refractivity contribution in [1.29, 1.82) is 0 Å². The zero-order chi connectivity index (χ0) is 19.9. The minimum absolute atomic E-state index is 0.0319. The fraction of sp³-hybridized carbons (Fsp3) is 0.111. The highest BCUT2D eigenvalue weighted by Gasteiger charge is 2.28. The molecule has 1 aromatic carbocycles. The van der Waals surface area contributed by atoms with Gasteiger partial charge in [0.1, 0.15) is 5.57 Å². The van der Waals surface area contributed by atoms with Crippen molar-refractivity contribution in [3.63, 3.8) is 0 Å². The Morgan fingerprint density at radius 1 is 1.11 bits per heavy atom. The lowest BCUT2D eigenvalue weighted by molar-refractivity contribution is -0.255. The van der Waals surface area contributed by atoms with Crippen molar-refractivity contribution in [3.05, 3.63) is 57.4 Å². The first-order valence-electron chi connectivity index (χ1n) is 7.77. The number of barbiturate groups is 1. The second-order valence-corrected chi connectivity index (χ2v) is 6.32. The molecule has 0 aliphatic carbocycles. The van der Waals surface area contributed by atoms with Crippen LogP contribution in [-0.2, 0) is 9.59 Å². The van der Waals surface area contributed by atoms with Gasteiger partial charge in [-0.15, -0.1) is 0 Å². The number of carbonyl (C=O) groups excluding carboxylic acids is 4. The van der Waals surface area contributed by atoms with Crippen LogP contribution >= 0.6 is 11.6 Å². The van der Waals surface area contributed by atoms with Crippen LogP contribution in [0.15, 0.2) is 29.8 Å². The molecule has 0 unspecified atom stereocenters. The van der Waals surface area contributed by atoms with Gasteiger partial charge in [0.05, 0.1) is 11.0 Å². The van der Waals surface area contributed by atoms with Crippen molar-refractivity contribution in [2.24, 2.45) is 0 Å². The van der Waals surface area contributed by atoms with E-state index in [1.807, 2.05) is 10.6 Å². The Bertz CT molecular complexity index is 1030. The van der Waals surface area contributed by atoms with E-state index in [0.29, 0.717) is 16.9 Å². The molecule has 1 saturated heterocycles. The number of halogens is 1. The maximum Gasteiger partial charge on any atom is 0.328 e. The Morgan fingerprint density at radius 3 is 2.30 bits per heavy atom. The summed E-state index contributed by atoms with van der Waals surface area (Å²) in [6.45, 7) is 3.57. The Balaban J connectivity index is 2.06. The first-order valence-corrected chi connectivity index (χ1v) is 8.15. The number of urea groups is 1. The third-order valence-corrected chi connectivity index (χ3v) is 4.46. The van der Waals surface area contributed by atoms with E-state index in [9.17, 15) is 24.3 Å². The summed E-state index contributed by atoms with van der Waals surface area (Å²) < 4.78 is 1.79. The molecule has 0 spiro atoms. The lowest BCUT2D eigenvalue weighted by Crippen LogP contribution is -2.51. The van der Waals surface area contributed by atoms with E-state index >= 15 is 0 Å². The fourth-order valence-electron chi connectivity index (χ4n) is 2.90. The van der Waals surface area contributed by atoms with Gasteiger partial charge in [-0.05, 0) is 49.8 Å². The second kappa shape index (κ2) is 6.73. The van der Waals surface area contributed by atoms with Gasteiger partial charge in [0.2, 0.25) is 0 Å². The number of nitrogens with one attached hydrogen (secondary N) is 2. The van der Waals surface area contributed by atoms with Gasteiger partial charge in [0.15, 0.2) is 0 Å². The van der Waals surface area contributed by atoms with Crippen LogP contribution in [0, 0.1) is 13.8 Å². The molecule has 1 fully saturated rings. The third kappa shape index (κ3) is 3.34. The Kier molecular flexibility index (Phi) is 4.59. The van der Waals surface area contributed by atoms with E-state index in [1.165, 1.54) is 18.2 Å². The van der Waals surface area contributed by atoms with Gasteiger partial charge in [-0.2, -0.15) is 0 Å². The zero-order valence-electron chi connectivity index (χ0n) is 14.3. The van der Waals surface area contributed by atoms with Crippen LogP contribution in [0.2, 0.25) is 5.02 Å². The van der Waals surface area contributed by atoms with Crippen molar-refractivity contribution in [2.45, 2.75) is 13.8 Å². The van der Waals surface area contributed by atoms with Crippen LogP contribution in [0.4, 0.5) is 4.79 Å². The summed E-state index contributed by atoms with van der Waals surface area (Å²) >= 11 is 6.01. The maximum absolute atomic E-state index is 11.9. The average molecular weight is 387 g/mol.